The first-order valence-electron chi connectivity index (χ1n) is 9.79. The molecule has 1 fully saturated rings. The molecule has 3 heterocycles. The van der Waals surface area contributed by atoms with Crippen LogP contribution >= 0.6 is 11.3 Å². The van der Waals surface area contributed by atoms with E-state index in [1.54, 1.807) is 23.5 Å². The van der Waals surface area contributed by atoms with Crippen molar-refractivity contribution in [1.29, 1.82) is 0 Å². The third-order valence-electron chi connectivity index (χ3n) is 5.25. The van der Waals surface area contributed by atoms with E-state index in [0.29, 0.717) is 5.92 Å². The van der Waals surface area contributed by atoms with E-state index in [9.17, 15) is 4.39 Å². The minimum absolute atomic E-state index is 0.229. The van der Waals surface area contributed by atoms with Crippen LogP contribution in [0.4, 0.5) is 15.3 Å². The van der Waals surface area contributed by atoms with Crippen LogP contribution in [0.3, 0.4) is 0 Å². The number of anilines is 2. The SMILES string of the molecule is CN1CCC[C@H](Cc2cccc(Nc3ncc(-c4ccc(F)cc4)s3)n2)CC1. The molecule has 1 aromatic carbocycles. The number of benzene rings is 1. The number of rotatable bonds is 5. The Morgan fingerprint density at radius 1 is 1.14 bits per heavy atom. The fourth-order valence-electron chi connectivity index (χ4n) is 3.66. The molecule has 0 saturated carbocycles. The number of pyridine rings is 1. The predicted octanol–water partition coefficient (Wildman–Crippen LogP) is 5.36. The Hall–Kier alpha value is -2.31. The third-order valence-corrected chi connectivity index (χ3v) is 6.21. The van der Waals surface area contributed by atoms with Crippen molar-refractivity contribution < 1.29 is 4.39 Å². The van der Waals surface area contributed by atoms with Gasteiger partial charge in [0.25, 0.3) is 0 Å². The molecule has 28 heavy (non-hydrogen) atoms. The molecule has 1 aliphatic heterocycles. The molecule has 1 atom stereocenters. The molecule has 0 amide bonds. The second kappa shape index (κ2) is 8.80. The van der Waals surface area contributed by atoms with Gasteiger partial charge in [0.1, 0.15) is 11.6 Å². The van der Waals surface area contributed by atoms with Gasteiger partial charge in [0.2, 0.25) is 0 Å². The number of halogens is 1. The normalized spacial score (nSPS) is 18.0. The van der Waals surface area contributed by atoms with Gasteiger partial charge in [-0.1, -0.05) is 29.5 Å². The first-order valence-corrected chi connectivity index (χ1v) is 10.6. The highest BCUT2D eigenvalue weighted by molar-refractivity contribution is 7.18. The molecule has 3 aromatic rings. The Morgan fingerprint density at radius 2 is 2.00 bits per heavy atom. The molecule has 0 spiro atoms. The Bertz CT molecular complexity index is 909. The summed E-state index contributed by atoms with van der Waals surface area (Å²) in [5.41, 5.74) is 2.10. The van der Waals surface area contributed by atoms with Gasteiger partial charge in [0.15, 0.2) is 5.13 Å². The number of aromatic nitrogens is 2. The highest BCUT2D eigenvalue weighted by atomic mass is 32.1. The first-order chi connectivity index (χ1) is 13.7. The zero-order chi connectivity index (χ0) is 19.3. The first kappa shape index (κ1) is 19.0. The van der Waals surface area contributed by atoms with Crippen molar-refractivity contribution in [2.24, 2.45) is 5.92 Å². The summed E-state index contributed by atoms with van der Waals surface area (Å²) in [5.74, 6) is 1.30. The van der Waals surface area contributed by atoms with E-state index in [2.05, 4.69) is 34.4 Å². The largest absolute Gasteiger partial charge is 0.316 e. The zero-order valence-corrected chi connectivity index (χ0v) is 16.9. The van der Waals surface area contributed by atoms with Crippen molar-refractivity contribution in [3.8, 4) is 10.4 Å². The Kier molecular flexibility index (Phi) is 5.98. The van der Waals surface area contributed by atoms with Crippen LogP contribution in [0.1, 0.15) is 25.0 Å². The van der Waals surface area contributed by atoms with Crippen molar-refractivity contribution in [3.63, 3.8) is 0 Å². The standard InChI is InChI=1S/C22H25FN4S/c1-27-12-3-4-16(11-13-27)14-19-5-2-6-21(25-19)26-22-24-15-20(28-22)17-7-9-18(23)10-8-17/h2,5-10,15-16H,3-4,11-14H2,1H3,(H,24,25,26)/t16-/m0/s1. The number of nitrogens with zero attached hydrogens (tertiary/aromatic N) is 3. The van der Waals surface area contributed by atoms with Crippen molar-refractivity contribution in [1.82, 2.24) is 14.9 Å². The van der Waals surface area contributed by atoms with E-state index < -0.39 is 0 Å². The summed E-state index contributed by atoms with van der Waals surface area (Å²) in [6.07, 6.45) is 6.62. The molecule has 0 radical (unpaired) electrons. The van der Waals surface area contributed by atoms with Crippen molar-refractivity contribution >= 4 is 22.3 Å². The van der Waals surface area contributed by atoms with Crippen LogP contribution in [0.2, 0.25) is 0 Å². The van der Waals surface area contributed by atoms with Gasteiger partial charge in [-0.15, -0.1) is 0 Å². The molecule has 4 nitrogen and oxygen atoms in total. The number of thiazole rings is 1. The van der Waals surface area contributed by atoms with E-state index in [0.717, 1.165) is 33.5 Å². The van der Waals surface area contributed by atoms with Crippen LogP contribution in [-0.2, 0) is 6.42 Å². The number of likely N-dealkylation sites (tertiary alicyclic amines) is 1. The third kappa shape index (κ3) is 4.94. The molecular formula is C22H25FN4S. The second-order valence-electron chi connectivity index (χ2n) is 7.48. The van der Waals surface area contributed by atoms with Crippen molar-refractivity contribution in [2.45, 2.75) is 25.7 Å². The fourth-order valence-corrected chi connectivity index (χ4v) is 4.49. The van der Waals surface area contributed by atoms with E-state index in [4.69, 9.17) is 4.98 Å². The summed E-state index contributed by atoms with van der Waals surface area (Å²) in [6.45, 7) is 2.37. The number of nitrogens with one attached hydrogen (secondary N) is 1. The van der Waals surface area contributed by atoms with Gasteiger partial charge in [-0.3, -0.25) is 0 Å². The maximum atomic E-state index is 13.1. The molecule has 1 N–H and O–H groups in total. The summed E-state index contributed by atoms with van der Waals surface area (Å²) in [5, 5.41) is 4.11. The zero-order valence-electron chi connectivity index (χ0n) is 16.1. The van der Waals surface area contributed by atoms with Gasteiger partial charge in [0.05, 0.1) is 4.88 Å². The van der Waals surface area contributed by atoms with E-state index in [-0.39, 0.29) is 5.82 Å². The minimum Gasteiger partial charge on any atom is -0.316 e. The Labute approximate surface area is 169 Å². The second-order valence-corrected chi connectivity index (χ2v) is 8.51. The Balaban J connectivity index is 1.41. The average molecular weight is 397 g/mol. The fraction of sp³-hybridized carbons (Fsp3) is 0.364. The molecule has 6 heteroatoms. The highest BCUT2D eigenvalue weighted by Gasteiger charge is 2.16. The molecule has 0 unspecified atom stereocenters. The summed E-state index contributed by atoms with van der Waals surface area (Å²) in [4.78, 5) is 12.7. The van der Waals surface area contributed by atoms with Gasteiger partial charge < -0.3 is 10.2 Å². The summed E-state index contributed by atoms with van der Waals surface area (Å²) in [7, 11) is 2.21. The van der Waals surface area contributed by atoms with Crippen LogP contribution in [0, 0.1) is 11.7 Å². The van der Waals surface area contributed by atoms with Crippen LogP contribution in [-0.4, -0.2) is 35.0 Å². The lowest BCUT2D eigenvalue weighted by molar-refractivity contribution is 0.341. The summed E-state index contributed by atoms with van der Waals surface area (Å²) >= 11 is 1.54. The van der Waals surface area contributed by atoms with E-state index >= 15 is 0 Å². The molecule has 4 rings (SSSR count). The van der Waals surface area contributed by atoms with Crippen molar-refractivity contribution in [3.05, 3.63) is 60.2 Å². The van der Waals surface area contributed by atoms with Gasteiger partial charge in [-0.2, -0.15) is 0 Å². The predicted molar refractivity (Wildman–Crippen MR) is 114 cm³/mol. The minimum atomic E-state index is -0.229. The molecule has 2 aromatic heterocycles. The van der Waals surface area contributed by atoms with Gasteiger partial charge in [0, 0.05) is 11.9 Å². The maximum Gasteiger partial charge on any atom is 0.188 e. The van der Waals surface area contributed by atoms with Crippen LogP contribution in [0.25, 0.3) is 10.4 Å². The lowest BCUT2D eigenvalue weighted by Gasteiger charge is -2.15. The van der Waals surface area contributed by atoms with Crippen LogP contribution in [0.15, 0.2) is 48.7 Å². The smallest absolute Gasteiger partial charge is 0.188 e. The number of hydrogen-bond acceptors (Lipinski definition) is 5. The van der Waals surface area contributed by atoms with Crippen LogP contribution < -0.4 is 5.32 Å². The molecule has 146 valence electrons. The molecule has 1 saturated heterocycles. The van der Waals surface area contributed by atoms with Gasteiger partial charge >= 0.3 is 0 Å². The van der Waals surface area contributed by atoms with Gasteiger partial charge in [-0.05, 0) is 81.6 Å². The maximum absolute atomic E-state index is 13.1. The van der Waals surface area contributed by atoms with E-state index in [1.807, 2.05) is 12.3 Å². The van der Waals surface area contributed by atoms with Gasteiger partial charge in [-0.25, -0.2) is 14.4 Å². The van der Waals surface area contributed by atoms with Crippen molar-refractivity contribution in [2.75, 3.05) is 25.5 Å². The highest BCUT2D eigenvalue weighted by Crippen LogP contribution is 2.30. The lowest BCUT2D eigenvalue weighted by Crippen LogP contribution is -2.19. The van der Waals surface area contributed by atoms with Crippen LogP contribution in [0.5, 0.6) is 0 Å². The molecule has 0 aliphatic carbocycles. The number of hydrogen-bond donors (Lipinski definition) is 1. The molecule has 0 bridgehead atoms. The average Bonchev–Trinajstić information content (AvgIpc) is 3.05. The summed E-state index contributed by atoms with van der Waals surface area (Å²) < 4.78 is 13.1. The monoisotopic (exact) mass is 396 g/mol. The molecule has 1 aliphatic rings. The van der Waals surface area contributed by atoms with E-state index in [1.165, 1.54) is 44.5 Å². The lowest BCUT2D eigenvalue weighted by atomic mass is 9.95. The quantitative estimate of drug-likeness (QED) is 0.630. The summed E-state index contributed by atoms with van der Waals surface area (Å²) in [6, 6.07) is 12.6. The topological polar surface area (TPSA) is 41.0 Å². The Morgan fingerprint density at radius 3 is 2.86 bits per heavy atom. The molecular weight excluding hydrogens is 371 g/mol.